The van der Waals surface area contributed by atoms with Crippen LogP contribution in [0.25, 0.3) is 10.6 Å². The fourth-order valence-corrected chi connectivity index (χ4v) is 4.64. The third kappa shape index (κ3) is 3.71. The Morgan fingerprint density at radius 2 is 2.07 bits per heavy atom. The van der Waals surface area contributed by atoms with Crippen molar-refractivity contribution in [3.05, 3.63) is 28.8 Å². The van der Waals surface area contributed by atoms with Crippen LogP contribution in [0.1, 0.15) is 28.2 Å². The van der Waals surface area contributed by atoms with Gasteiger partial charge in [-0.05, 0) is 43.9 Å². The minimum Gasteiger partial charge on any atom is -0.346 e. The lowest BCUT2D eigenvalue weighted by Crippen LogP contribution is -2.43. The van der Waals surface area contributed by atoms with Crippen LogP contribution in [0.15, 0.2) is 18.2 Å². The number of nitrogens with zero attached hydrogens (tertiary/aromatic N) is 3. The molecule has 3 heterocycles. The molecule has 27 heavy (non-hydrogen) atoms. The Balaban J connectivity index is 1.45. The van der Waals surface area contributed by atoms with Gasteiger partial charge in [0.2, 0.25) is 0 Å². The van der Waals surface area contributed by atoms with Gasteiger partial charge in [0.05, 0.1) is 16.6 Å². The SMILES string of the molecule is Cc1ccc(-c2cc(C(=O)N[C@H]3CN(C(=O)N(C)C)C[C@@H]3C3CC3)n[nH]2)s1. The molecule has 0 radical (unpaired) electrons. The zero-order valence-corrected chi connectivity index (χ0v) is 16.7. The number of aromatic amines is 1. The van der Waals surface area contributed by atoms with Crippen LogP contribution in [-0.2, 0) is 0 Å². The monoisotopic (exact) mass is 387 g/mol. The molecule has 2 aromatic rings. The van der Waals surface area contributed by atoms with Crippen molar-refractivity contribution < 1.29 is 9.59 Å². The molecule has 144 valence electrons. The zero-order chi connectivity index (χ0) is 19.1. The zero-order valence-electron chi connectivity index (χ0n) is 15.9. The molecule has 0 aromatic carbocycles. The Kier molecular flexibility index (Phi) is 4.67. The Morgan fingerprint density at radius 3 is 2.70 bits per heavy atom. The van der Waals surface area contributed by atoms with Gasteiger partial charge in [-0.1, -0.05) is 0 Å². The Labute approximate surface area is 162 Å². The fraction of sp³-hybridized carbons (Fsp3) is 0.526. The van der Waals surface area contributed by atoms with Crippen LogP contribution in [0.3, 0.4) is 0 Å². The van der Waals surface area contributed by atoms with Crippen molar-refractivity contribution in [3.8, 4) is 10.6 Å². The summed E-state index contributed by atoms with van der Waals surface area (Å²) in [4.78, 5) is 30.8. The first-order valence-corrected chi connectivity index (χ1v) is 10.1. The number of H-pyrrole nitrogens is 1. The second-order valence-corrected chi connectivity index (χ2v) is 9.03. The molecule has 3 amide bonds. The fourth-order valence-electron chi connectivity index (χ4n) is 3.81. The second-order valence-electron chi connectivity index (χ2n) is 7.74. The maximum absolute atomic E-state index is 12.7. The number of amides is 3. The van der Waals surface area contributed by atoms with Crippen LogP contribution in [0.2, 0.25) is 0 Å². The van der Waals surface area contributed by atoms with Crippen LogP contribution in [-0.4, -0.2) is 65.2 Å². The van der Waals surface area contributed by atoms with Gasteiger partial charge in [0.25, 0.3) is 5.91 Å². The average Bonchev–Trinajstić information content (AvgIpc) is 3.04. The third-order valence-electron chi connectivity index (χ3n) is 5.38. The van der Waals surface area contributed by atoms with E-state index in [2.05, 4.69) is 28.5 Å². The van der Waals surface area contributed by atoms with Crippen LogP contribution in [0.5, 0.6) is 0 Å². The third-order valence-corrected chi connectivity index (χ3v) is 6.41. The highest BCUT2D eigenvalue weighted by atomic mass is 32.1. The van der Waals surface area contributed by atoms with Crippen molar-refractivity contribution in [3.63, 3.8) is 0 Å². The van der Waals surface area contributed by atoms with Crippen molar-refractivity contribution in [2.75, 3.05) is 27.2 Å². The lowest BCUT2D eigenvalue weighted by atomic mass is 9.98. The highest BCUT2D eigenvalue weighted by Crippen LogP contribution is 2.41. The number of carbonyl (C=O) groups is 2. The number of likely N-dealkylation sites (tertiary alicyclic amines) is 1. The van der Waals surface area contributed by atoms with Crippen LogP contribution in [0, 0.1) is 18.8 Å². The number of urea groups is 1. The normalized spacial score (nSPS) is 22.1. The minimum absolute atomic E-state index is 0.00696. The molecule has 0 unspecified atom stereocenters. The van der Waals surface area contributed by atoms with E-state index < -0.39 is 0 Å². The minimum atomic E-state index is -0.180. The average molecular weight is 388 g/mol. The Morgan fingerprint density at radius 1 is 1.30 bits per heavy atom. The Bertz CT molecular complexity index is 854. The van der Waals surface area contributed by atoms with E-state index in [4.69, 9.17) is 0 Å². The largest absolute Gasteiger partial charge is 0.346 e. The van der Waals surface area contributed by atoms with Crippen LogP contribution < -0.4 is 5.32 Å². The van der Waals surface area contributed by atoms with Gasteiger partial charge in [0, 0.05) is 38.0 Å². The molecule has 2 aliphatic rings. The smallest absolute Gasteiger partial charge is 0.319 e. The molecule has 2 fully saturated rings. The molecule has 1 saturated heterocycles. The van der Waals surface area contributed by atoms with E-state index in [1.165, 1.54) is 17.7 Å². The van der Waals surface area contributed by atoms with E-state index in [0.29, 0.717) is 30.6 Å². The van der Waals surface area contributed by atoms with Gasteiger partial charge in [-0.2, -0.15) is 5.10 Å². The molecule has 1 aliphatic heterocycles. The van der Waals surface area contributed by atoms with Crippen molar-refractivity contribution in [1.29, 1.82) is 0 Å². The van der Waals surface area contributed by atoms with E-state index in [1.54, 1.807) is 36.4 Å². The molecule has 0 spiro atoms. The van der Waals surface area contributed by atoms with Gasteiger partial charge in [-0.15, -0.1) is 11.3 Å². The van der Waals surface area contributed by atoms with Gasteiger partial charge in [-0.3, -0.25) is 9.89 Å². The molecule has 8 heteroatoms. The summed E-state index contributed by atoms with van der Waals surface area (Å²) in [5, 5.41) is 10.3. The maximum Gasteiger partial charge on any atom is 0.319 e. The number of aromatic nitrogens is 2. The predicted octanol–water partition coefficient (Wildman–Crippen LogP) is 2.57. The first-order valence-electron chi connectivity index (χ1n) is 9.31. The quantitative estimate of drug-likeness (QED) is 0.846. The van der Waals surface area contributed by atoms with Gasteiger partial charge >= 0.3 is 6.03 Å². The molecular weight excluding hydrogens is 362 g/mol. The van der Waals surface area contributed by atoms with Crippen molar-refractivity contribution in [1.82, 2.24) is 25.3 Å². The summed E-state index contributed by atoms with van der Waals surface area (Å²) >= 11 is 1.67. The molecule has 2 N–H and O–H groups in total. The highest BCUT2D eigenvalue weighted by Gasteiger charge is 2.44. The molecule has 1 saturated carbocycles. The van der Waals surface area contributed by atoms with E-state index >= 15 is 0 Å². The van der Waals surface area contributed by atoms with Crippen molar-refractivity contribution >= 4 is 23.3 Å². The number of aryl methyl sites for hydroxylation is 1. The molecule has 2 aromatic heterocycles. The second kappa shape index (κ2) is 6.99. The lowest BCUT2D eigenvalue weighted by molar-refractivity contribution is 0.0922. The molecule has 0 bridgehead atoms. The van der Waals surface area contributed by atoms with Gasteiger partial charge < -0.3 is 15.1 Å². The van der Waals surface area contributed by atoms with E-state index in [1.807, 2.05) is 11.0 Å². The molecule has 1 aliphatic carbocycles. The highest BCUT2D eigenvalue weighted by molar-refractivity contribution is 7.15. The summed E-state index contributed by atoms with van der Waals surface area (Å²) in [6.45, 7) is 3.33. The summed E-state index contributed by atoms with van der Waals surface area (Å²) in [7, 11) is 3.52. The van der Waals surface area contributed by atoms with Crippen LogP contribution >= 0.6 is 11.3 Å². The summed E-state index contributed by atoms with van der Waals surface area (Å²) in [5.41, 5.74) is 1.25. The standard InChI is InChI=1S/C19H25N5O2S/c1-11-4-7-17(27-11)14-8-15(22-21-14)18(25)20-16-10-24(19(26)23(2)3)9-13(16)12-5-6-12/h4,7-8,12-13,16H,5-6,9-10H2,1-3H3,(H,20,25)(H,21,22)/t13-,16+/m1/s1. The number of hydrogen-bond acceptors (Lipinski definition) is 4. The number of hydrogen-bond donors (Lipinski definition) is 2. The van der Waals surface area contributed by atoms with Gasteiger partial charge in [0.15, 0.2) is 5.69 Å². The Hall–Kier alpha value is -2.35. The van der Waals surface area contributed by atoms with E-state index in [9.17, 15) is 9.59 Å². The summed E-state index contributed by atoms with van der Waals surface area (Å²) in [5.74, 6) is 0.760. The molecular formula is C19H25N5O2S. The number of thiophene rings is 1. The molecule has 2 atom stereocenters. The first kappa shape index (κ1) is 18.0. The number of nitrogens with one attached hydrogen (secondary N) is 2. The van der Waals surface area contributed by atoms with Crippen LogP contribution in [0.4, 0.5) is 4.79 Å². The van der Waals surface area contributed by atoms with Gasteiger partial charge in [-0.25, -0.2) is 4.79 Å². The lowest BCUT2D eigenvalue weighted by Gasteiger charge is -2.21. The van der Waals surface area contributed by atoms with Gasteiger partial charge in [0.1, 0.15) is 0 Å². The van der Waals surface area contributed by atoms with Crippen molar-refractivity contribution in [2.45, 2.75) is 25.8 Å². The van der Waals surface area contributed by atoms with E-state index in [0.717, 1.165) is 10.6 Å². The predicted molar refractivity (Wildman–Crippen MR) is 105 cm³/mol. The first-order chi connectivity index (χ1) is 12.9. The number of carbonyl (C=O) groups excluding carboxylic acids is 2. The molecule has 4 rings (SSSR count). The summed E-state index contributed by atoms with van der Waals surface area (Å²) in [6, 6.07) is 5.87. The summed E-state index contributed by atoms with van der Waals surface area (Å²) < 4.78 is 0. The molecule has 7 nitrogen and oxygen atoms in total. The number of rotatable bonds is 4. The van der Waals surface area contributed by atoms with E-state index in [-0.39, 0.29) is 18.0 Å². The summed E-state index contributed by atoms with van der Waals surface area (Å²) in [6.07, 6.45) is 2.37. The topological polar surface area (TPSA) is 81.3 Å². The van der Waals surface area contributed by atoms with Crippen molar-refractivity contribution in [2.24, 2.45) is 11.8 Å². The maximum atomic E-state index is 12.7.